The van der Waals surface area contributed by atoms with Crippen LogP contribution in [0, 0.1) is 12.8 Å². The van der Waals surface area contributed by atoms with Gasteiger partial charge in [0.15, 0.2) is 0 Å². The third-order valence-corrected chi connectivity index (χ3v) is 7.46. The van der Waals surface area contributed by atoms with Crippen molar-refractivity contribution < 1.29 is 9.53 Å². The number of hydrogen-bond acceptors (Lipinski definition) is 6. The van der Waals surface area contributed by atoms with Crippen LogP contribution in [0.3, 0.4) is 0 Å². The second-order valence-corrected chi connectivity index (χ2v) is 9.89. The number of ether oxygens (including phenoxy) is 1. The Morgan fingerprint density at radius 1 is 1.17 bits per heavy atom. The van der Waals surface area contributed by atoms with E-state index in [9.17, 15) is 4.79 Å². The molecule has 5 rings (SSSR count). The van der Waals surface area contributed by atoms with Gasteiger partial charge in [0.1, 0.15) is 11.4 Å². The van der Waals surface area contributed by atoms with Crippen molar-refractivity contribution in [3.8, 4) is 5.75 Å². The topological polar surface area (TPSA) is 84.3 Å². The fraction of sp³-hybridized carbons (Fsp3) is 0.519. The average Bonchev–Trinajstić information content (AvgIpc) is 3.31. The van der Waals surface area contributed by atoms with E-state index in [0.29, 0.717) is 23.2 Å². The largest absolute Gasteiger partial charge is 0.494 e. The third kappa shape index (κ3) is 5.65. The summed E-state index contributed by atoms with van der Waals surface area (Å²) in [6.07, 6.45) is 8.29. The standard InChI is InChI=1S/C27H36N6O2/c1-19-4-3-5-23(29-19)27(34)30-25-16-21-18-33(31-24(21)17-26(25)35-2)22-9-14-32(15-10-22)13-8-20-6-11-28-12-7-20/h3-5,16-18,20,22,28H,6-15H2,1-2H3,(H,30,34). The van der Waals surface area contributed by atoms with Crippen LogP contribution in [0.1, 0.15) is 54.3 Å². The number of likely N-dealkylation sites (tertiary alicyclic amines) is 1. The van der Waals surface area contributed by atoms with E-state index in [1.807, 2.05) is 31.2 Å². The molecule has 2 aliphatic rings. The van der Waals surface area contributed by atoms with Crippen LogP contribution in [0.25, 0.3) is 10.9 Å². The summed E-state index contributed by atoms with van der Waals surface area (Å²) >= 11 is 0. The fourth-order valence-electron chi connectivity index (χ4n) is 5.32. The Labute approximate surface area is 207 Å². The normalized spacial score (nSPS) is 18.1. The van der Waals surface area contributed by atoms with Crippen LogP contribution in [0.4, 0.5) is 5.69 Å². The van der Waals surface area contributed by atoms with Gasteiger partial charge in [-0.1, -0.05) is 6.07 Å². The van der Waals surface area contributed by atoms with Crippen LogP contribution in [-0.4, -0.2) is 65.4 Å². The molecule has 2 aromatic heterocycles. The van der Waals surface area contributed by atoms with Crippen molar-refractivity contribution in [3.05, 3.63) is 47.9 Å². The monoisotopic (exact) mass is 476 g/mol. The van der Waals surface area contributed by atoms with E-state index in [1.54, 1.807) is 13.2 Å². The number of carbonyl (C=O) groups is 1. The van der Waals surface area contributed by atoms with Gasteiger partial charge >= 0.3 is 0 Å². The summed E-state index contributed by atoms with van der Waals surface area (Å²) in [4.78, 5) is 19.7. The van der Waals surface area contributed by atoms with E-state index in [2.05, 4.69) is 31.4 Å². The number of methoxy groups -OCH3 is 1. The highest BCUT2D eigenvalue weighted by Crippen LogP contribution is 2.32. The van der Waals surface area contributed by atoms with E-state index in [4.69, 9.17) is 9.84 Å². The van der Waals surface area contributed by atoms with Crippen LogP contribution >= 0.6 is 0 Å². The molecular formula is C27H36N6O2. The molecule has 0 atom stereocenters. The predicted molar refractivity (Wildman–Crippen MR) is 138 cm³/mol. The minimum absolute atomic E-state index is 0.254. The number of carbonyl (C=O) groups excluding carboxylic acids is 1. The molecule has 0 unspecified atom stereocenters. The number of benzene rings is 1. The molecule has 2 fully saturated rings. The number of anilines is 1. The molecule has 2 saturated heterocycles. The predicted octanol–water partition coefficient (Wildman–Crippen LogP) is 4.03. The molecule has 1 amide bonds. The lowest BCUT2D eigenvalue weighted by Crippen LogP contribution is -2.37. The zero-order valence-corrected chi connectivity index (χ0v) is 20.8. The molecule has 2 N–H and O–H groups in total. The molecule has 0 spiro atoms. The van der Waals surface area contributed by atoms with E-state index >= 15 is 0 Å². The second-order valence-electron chi connectivity index (χ2n) is 9.89. The average molecular weight is 477 g/mol. The SMILES string of the molecule is COc1cc2nn(C3CCN(CCC4CCNCC4)CC3)cc2cc1NC(=O)c1cccc(C)n1. The highest BCUT2D eigenvalue weighted by atomic mass is 16.5. The van der Waals surface area contributed by atoms with E-state index < -0.39 is 0 Å². The number of fused-ring (bicyclic) bond motifs is 1. The number of rotatable bonds is 7. The van der Waals surface area contributed by atoms with E-state index in [0.717, 1.165) is 48.4 Å². The Kier molecular flexibility index (Phi) is 7.29. The van der Waals surface area contributed by atoms with Gasteiger partial charge in [-0.3, -0.25) is 9.48 Å². The Hall–Kier alpha value is -2.97. The molecule has 0 radical (unpaired) electrons. The molecular weight excluding hydrogens is 440 g/mol. The zero-order chi connectivity index (χ0) is 24.2. The summed E-state index contributed by atoms with van der Waals surface area (Å²) in [5.41, 5.74) is 2.69. The highest BCUT2D eigenvalue weighted by molar-refractivity contribution is 6.05. The van der Waals surface area contributed by atoms with Gasteiger partial charge in [-0.25, -0.2) is 4.98 Å². The zero-order valence-electron chi connectivity index (χ0n) is 20.8. The Morgan fingerprint density at radius 3 is 2.71 bits per heavy atom. The first-order valence-corrected chi connectivity index (χ1v) is 12.8. The van der Waals surface area contributed by atoms with Gasteiger partial charge in [-0.15, -0.1) is 0 Å². The van der Waals surface area contributed by atoms with Gasteiger partial charge in [0.05, 0.1) is 24.4 Å². The molecule has 8 nitrogen and oxygen atoms in total. The third-order valence-electron chi connectivity index (χ3n) is 7.46. The van der Waals surface area contributed by atoms with E-state index in [1.165, 1.54) is 38.9 Å². The van der Waals surface area contributed by atoms with Crippen molar-refractivity contribution in [1.82, 2.24) is 25.0 Å². The summed E-state index contributed by atoms with van der Waals surface area (Å²) in [5.74, 6) is 1.23. The number of aryl methyl sites for hydroxylation is 1. The molecule has 0 bridgehead atoms. The van der Waals surface area contributed by atoms with E-state index in [-0.39, 0.29) is 5.91 Å². The number of nitrogens with one attached hydrogen (secondary N) is 2. The van der Waals surface area contributed by atoms with Gasteiger partial charge in [0.25, 0.3) is 5.91 Å². The Balaban J connectivity index is 1.23. The molecule has 2 aliphatic heterocycles. The minimum atomic E-state index is -0.254. The first kappa shape index (κ1) is 23.8. The van der Waals surface area contributed by atoms with Gasteiger partial charge in [0, 0.05) is 36.4 Å². The summed E-state index contributed by atoms with van der Waals surface area (Å²) < 4.78 is 7.68. The molecule has 35 heavy (non-hydrogen) atoms. The smallest absolute Gasteiger partial charge is 0.274 e. The molecule has 0 aliphatic carbocycles. The van der Waals surface area contributed by atoms with Crippen molar-refractivity contribution in [2.75, 3.05) is 45.2 Å². The van der Waals surface area contributed by atoms with Crippen molar-refractivity contribution in [2.45, 2.75) is 45.1 Å². The number of amides is 1. The maximum Gasteiger partial charge on any atom is 0.274 e. The molecule has 8 heteroatoms. The first-order valence-electron chi connectivity index (χ1n) is 12.8. The summed E-state index contributed by atoms with van der Waals surface area (Å²) in [6, 6.07) is 9.67. The fourth-order valence-corrected chi connectivity index (χ4v) is 5.32. The number of piperidine rings is 2. The van der Waals surface area contributed by atoms with Crippen molar-refractivity contribution >= 4 is 22.5 Å². The number of pyridine rings is 1. The molecule has 186 valence electrons. The quantitative estimate of drug-likeness (QED) is 0.536. The molecule has 3 aromatic rings. The first-order chi connectivity index (χ1) is 17.1. The van der Waals surface area contributed by atoms with Crippen LogP contribution in [-0.2, 0) is 0 Å². The second kappa shape index (κ2) is 10.7. The maximum absolute atomic E-state index is 12.8. The Morgan fingerprint density at radius 2 is 1.97 bits per heavy atom. The molecule has 0 saturated carbocycles. The van der Waals surface area contributed by atoms with Gasteiger partial charge < -0.3 is 20.3 Å². The van der Waals surface area contributed by atoms with Crippen LogP contribution in [0.15, 0.2) is 36.5 Å². The maximum atomic E-state index is 12.8. The summed E-state index contributed by atoms with van der Waals surface area (Å²) in [6.45, 7) is 7.70. The van der Waals surface area contributed by atoms with Crippen molar-refractivity contribution in [3.63, 3.8) is 0 Å². The molecule has 1 aromatic carbocycles. The van der Waals surface area contributed by atoms with Crippen LogP contribution in [0.5, 0.6) is 5.75 Å². The van der Waals surface area contributed by atoms with Crippen molar-refractivity contribution in [1.29, 1.82) is 0 Å². The minimum Gasteiger partial charge on any atom is -0.494 e. The summed E-state index contributed by atoms with van der Waals surface area (Å²) in [5, 5.41) is 12.3. The van der Waals surface area contributed by atoms with Crippen molar-refractivity contribution in [2.24, 2.45) is 5.92 Å². The summed E-state index contributed by atoms with van der Waals surface area (Å²) in [7, 11) is 1.61. The molecule has 4 heterocycles. The lowest BCUT2D eigenvalue weighted by molar-refractivity contribution is 0.102. The highest BCUT2D eigenvalue weighted by Gasteiger charge is 2.23. The van der Waals surface area contributed by atoms with Gasteiger partial charge in [-0.2, -0.15) is 5.10 Å². The number of nitrogens with zero attached hydrogens (tertiary/aromatic N) is 4. The van der Waals surface area contributed by atoms with Gasteiger partial charge in [-0.05, 0) is 82.8 Å². The lowest BCUT2D eigenvalue weighted by atomic mass is 9.94. The van der Waals surface area contributed by atoms with Gasteiger partial charge in [0.2, 0.25) is 0 Å². The number of hydrogen-bond donors (Lipinski definition) is 2. The lowest BCUT2D eigenvalue weighted by Gasteiger charge is -2.33. The Bertz CT molecular complexity index is 1160. The number of aromatic nitrogens is 3. The van der Waals surface area contributed by atoms with Crippen LogP contribution < -0.4 is 15.4 Å². The van der Waals surface area contributed by atoms with Crippen LogP contribution in [0.2, 0.25) is 0 Å².